The van der Waals surface area contributed by atoms with Gasteiger partial charge < -0.3 is 15.3 Å². The van der Waals surface area contributed by atoms with Crippen molar-refractivity contribution in [2.45, 2.75) is 12.5 Å². The van der Waals surface area contributed by atoms with Crippen LogP contribution in [0.1, 0.15) is 16.8 Å². The van der Waals surface area contributed by atoms with E-state index in [-0.39, 0.29) is 24.4 Å². The summed E-state index contributed by atoms with van der Waals surface area (Å²) in [5.74, 6) is -1.05. The quantitative estimate of drug-likeness (QED) is 0.852. The average molecular weight is 345 g/mol. The predicted octanol–water partition coefficient (Wildman–Crippen LogP) is 0.911. The molecule has 1 saturated heterocycles. The van der Waals surface area contributed by atoms with E-state index in [4.69, 9.17) is 5.11 Å². The fourth-order valence-electron chi connectivity index (χ4n) is 1.87. The summed E-state index contributed by atoms with van der Waals surface area (Å²) < 4.78 is 13.6. The van der Waals surface area contributed by atoms with Crippen LogP contribution in [-0.2, 0) is 4.79 Å². The highest BCUT2D eigenvalue weighted by atomic mass is 79.9. The van der Waals surface area contributed by atoms with E-state index in [0.29, 0.717) is 17.6 Å². The number of β-amino-alcohol motifs (C(OH)–C–C–N with tert-alkyl or cyclic N) is 1. The lowest BCUT2D eigenvalue weighted by Gasteiger charge is -2.35. The van der Waals surface area contributed by atoms with E-state index in [1.165, 1.54) is 17.0 Å². The Labute approximate surface area is 123 Å². The molecule has 0 spiro atoms. The Morgan fingerprint density at radius 2 is 2.15 bits per heavy atom. The smallest absolute Gasteiger partial charge is 0.252 e. The van der Waals surface area contributed by atoms with E-state index in [1.54, 1.807) is 0 Å². The van der Waals surface area contributed by atoms with Crippen molar-refractivity contribution in [1.82, 2.24) is 10.2 Å². The second-order valence-electron chi connectivity index (χ2n) is 4.58. The Hall–Kier alpha value is -1.47. The van der Waals surface area contributed by atoms with Gasteiger partial charge in [-0.3, -0.25) is 9.59 Å². The number of likely N-dealkylation sites (tertiary alicyclic amines) is 1. The summed E-state index contributed by atoms with van der Waals surface area (Å²) in [5.41, 5.74) is 0.192. The number of carbonyl (C=O) groups excluding carboxylic acids is 2. The van der Waals surface area contributed by atoms with E-state index in [9.17, 15) is 14.0 Å². The maximum atomic E-state index is 13.1. The number of benzene rings is 1. The maximum Gasteiger partial charge on any atom is 0.252 e. The van der Waals surface area contributed by atoms with Gasteiger partial charge in [0.2, 0.25) is 5.91 Å². The Morgan fingerprint density at radius 1 is 1.45 bits per heavy atom. The van der Waals surface area contributed by atoms with Gasteiger partial charge in [-0.2, -0.15) is 0 Å². The fraction of sp³-hybridized carbons (Fsp3) is 0.385. The summed E-state index contributed by atoms with van der Waals surface area (Å²) in [6.45, 7) is 0.873. The minimum Gasteiger partial charge on any atom is -0.389 e. The number of aliphatic hydroxyl groups is 1. The van der Waals surface area contributed by atoms with Gasteiger partial charge in [-0.1, -0.05) is 0 Å². The van der Waals surface area contributed by atoms with Crippen LogP contribution in [0.4, 0.5) is 4.39 Å². The SMILES string of the molecule is O=C(NCCC(=O)N1CC(O)C1)c1cc(F)ccc1Br. The van der Waals surface area contributed by atoms with Gasteiger partial charge in [0.15, 0.2) is 0 Å². The van der Waals surface area contributed by atoms with Crippen LogP contribution in [0.25, 0.3) is 0 Å². The highest BCUT2D eigenvalue weighted by Crippen LogP contribution is 2.17. The monoisotopic (exact) mass is 344 g/mol. The first-order chi connectivity index (χ1) is 9.47. The van der Waals surface area contributed by atoms with Crippen LogP contribution in [0, 0.1) is 5.82 Å². The normalized spacial score (nSPS) is 14.8. The van der Waals surface area contributed by atoms with Gasteiger partial charge in [-0.25, -0.2) is 4.39 Å². The molecule has 0 aromatic heterocycles. The fourth-order valence-corrected chi connectivity index (χ4v) is 2.29. The number of amides is 2. The van der Waals surface area contributed by atoms with E-state index >= 15 is 0 Å². The molecule has 1 aromatic carbocycles. The predicted molar refractivity (Wildman–Crippen MR) is 73.6 cm³/mol. The minimum absolute atomic E-state index is 0.117. The van der Waals surface area contributed by atoms with E-state index in [0.717, 1.165) is 6.07 Å². The Balaban J connectivity index is 1.80. The van der Waals surface area contributed by atoms with Crippen LogP contribution in [-0.4, -0.2) is 47.6 Å². The van der Waals surface area contributed by atoms with Gasteiger partial charge >= 0.3 is 0 Å². The van der Waals surface area contributed by atoms with E-state index in [2.05, 4.69) is 21.2 Å². The molecule has 2 N–H and O–H groups in total. The van der Waals surface area contributed by atoms with Gasteiger partial charge in [0.25, 0.3) is 5.91 Å². The van der Waals surface area contributed by atoms with Crippen LogP contribution in [0.15, 0.2) is 22.7 Å². The molecule has 108 valence electrons. The van der Waals surface area contributed by atoms with E-state index < -0.39 is 17.8 Å². The Bertz CT molecular complexity index is 532. The molecule has 7 heteroatoms. The first-order valence-corrected chi connectivity index (χ1v) is 6.96. The van der Waals surface area contributed by atoms with Crippen LogP contribution in [0.3, 0.4) is 0 Å². The lowest BCUT2D eigenvalue weighted by Crippen LogP contribution is -2.53. The second-order valence-corrected chi connectivity index (χ2v) is 5.44. The van der Waals surface area contributed by atoms with Crippen molar-refractivity contribution < 1.29 is 19.1 Å². The van der Waals surface area contributed by atoms with Crippen LogP contribution in [0.2, 0.25) is 0 Å². The van der Waals surface area contributed by atoms with Crippen molar-refractivity contribution in [1.29, 1.82) is 0 Å². The maximum absolute atomic E-state index is 13.1. The third-order valence-corrected chi connectivity index (χ3v) is 3.70. The lowest BCUT2D eigenvalue weighted by atomic mass is 10.1. The number of hydrogen-bond acceptors (Lipinski definition) is 3. The minimum atomic E-state index is -0.496. The average Bonchev–Trinajstić information content (AvgIpc) is 2.37. The second kappa shape index (κ2) is 6.32. The largest absolute Gasteiger partial charge is 0.389 e. The molecule has 5 nitrogen and oxygen atoms in total. The van der Waals surface area contributed by atoms with Gasteiger partial charge in [0, 0.05) is 30.5 Å². The van der Waals surface area contributed by atoms with Gasteiger partial charge in [-0.15, -0.1) is 0 Å². The van der Waals surface area contributed by atoms with Crippen LogP contribution < -0.4 is 5.32 Å². The van der Waals surface area contributed by atoms with Crippen molar-refractivity contribution in [2.75, 3.05) is 19.6 Å². The van der Waals surface area contributed by atoms with Crippen molar-refractivity contribution in [3.8, 4) is 0 Å². The molecule has 20 heavy (non-hydrogen) atoms. The van der Waals surface area contributed by atoms with Crippen molar-refractivity contribution in [3.63, 3.8) is 0 Å². The number of hydrogen-bond donors (Lipinski definition) is 2. The van der Waals surface area contributed by atoms with Crippen LogP contribution in [0.5, 0.6) is 0 Å². The molecular weight excluding hydrogens is 331 g/mol. The van der Waals surface area contributed by atoms with Crippen molar-refractivity contribution in [2.24, 2.45) is 0 Å². The Morgan fingerprint density at radius 3 is 2.80 bits per heavy atom. The molecule has 2 amide bonds. The number of nitrogens with one attached hydrogen (secondary N) is 1. The molecule has 0 bridgehead atoms. The Kier molecular flexibility index (Phi) is 4.72. The zero-order valence-electron chi connectivity index (χ0n) is 10.6. The summed E-state index contributed by atoms with van der Waals surface area (Å²) >= 11 is 3.17. The summed E-state index contributed by atoms with van der Waals surface area (Å²) in [6.07, 6.45) is -0.275. The van der Waals surface area contributed by atoms with Crippen molar-refractivity contribution in [3.05, 3.63) is 34.1 Å². The number of nitrogens with zero attached hydrogens (tertiary/aromatic N) is 1. The number of halogens is 2. The summed E-state index contributed by atoms with van der Waals surface area (Å²) in [4.78, 5) is 25.0. The molecule has 0 aliphatic carbocycles. The molecule has 1 fully saturated rings. The molecule has 0 atom stereocenters. The van der Waals surface area contributed by atoms with Crippen LogP contribution >= 0.6 is 15.9 Å². The number of aliphatic hydroxyl groups excluding tert-OH is 1. The molecule has 1 heterocycles. The molecule has 0 radical (unpaired) electrons. The summed E-state index contributed by atoms with van der Waals surface area (Å²) in [5, 5.41) is 11.6. The molecule has 1 aliphatic heterocycles. The topological polar surface area (TPSA) is 69.6 Å². The molecule has 0 saturated carbocycles. The third kappa shape index (κ3) is 3.55. The first kappa shape index (κ1) is 14.9. The van der Waals surface area contributed by atoms with Gasteiger partial charge in [0.05, 0.1) is 11.7 Å². The van der Waals surface area contributed by atoms with E-state index in [1.807, 2.05) is 0 Å². The summed E-state index contributed by atoms with van der Waals surface area (Å²) in [6, 6.07) is 3.84. The standard InChI is InChI=1S/C13H14BrFN2O3/c14-11-2-1-8(15)5-10(11)13(20)16-4-3-12(19)17-6-9(18)7-17/h1-2,5,9,18H,3-4,6-7H2,(H,16,20). The highest BCUT2D eigenvalue weighted by Gasteiger charge is 2.28. The number of rotatable bonds is 4. The molecular formula is C13H14BrFN2O3. The van der Waals surface area contributed by atoms with Gasteiger partial charge in [0.1, 0.15) is 5.82 Å². The zero-order valence-corrected chi connectivity index (χ0v) is 12.2. The third-order valence-electron chi connectivity index (χ3n) is 3.01. The zero-order chi connectivity index (χ0) is 14.7. The molecule has 1 aliphatic rings. The lowest BCUT2D eigenvalue weighted by molar-refractivity contribution is -0.141. The number of carbonyl (C=O) groups is 2. The highest BCUT2D eigenvalue weighted by molar-refractivity contribution is 9.10. The first-order valence-electron chi connectivity index (χ1n) is 6.16. The van der Waals surface area contributed by atoms with Crippen molar-refractivity contribution >= 4 is 27.7 Å². The summed E-state index contributed by atoms with van der Waals surface area (Å²) in [7, 11) is 0. The molecule has 1 aromatic rings. The molecule has 2 rings (SSSR count). The van der Waals surface area contributed by atoms with Gasteiger partial charge in [-0.05, 0) is 34.1 Å². The molecule has 0 unspecified atom stereocenters.